The Hall–Kier alpha value is -1.08. The number of thioether (sulfide) groups is 1. The summed E-state index contributed by atoms with van der Waals surface area (Å²) in [5.41, 5.74) is 0.241. The van der Waals surface area contributed by atoms with Gasteiger partial charge in [-0.1, -0.05) is 49.9 Å². The number of nitrogens with zero attached hydrogens (tertiary/aromatic N) is 2. The number of nitrogens with one attached hydrogen (secondary N) is 2. The number of amides is 1. The summed E-state index contributed by atoms with van der Waals surface area (Å²) in [5, 5.41) is 14.7. The second-order valence-corrected chi connectivity index (χ2v) is 7.69. The normalized spacial score (nSPS) is 11.2. The molecule has 5 nitrogen and oxygen atoms in total. The van der Waals surface area contributed by atoms with E-state index in [2.05, 4.69) is 48.2 Å². The van der Waals surface area contributed by atoms with Crippen molar-refractivity contribution in [3.05, 3.63) is 12.7 Å². The van der Waals surface area contributed by atoms with Gasteiger partial charge in [-0.2, -0.15) is 0 Å². The molecule has 1 heterocycles. The molecule has 0 unspecified atom stereocenters. The summed E-state index contributed by atoms with van der Waals surface area (Å²) in [6.45, 7) is 11.5. The molecule has 0 aromatic carbocycles. The van der Waals surface area contributed by atoms with Gasteiger partial charge in [0.05, 0.1) is 5.75 Å². The quantitative estimate of drug-likeness (QED) is 0.570. The Kier molecular flexibility index (Phi) is 7.01. The van der Waals surface area contributed by atoms with Crippen LogP contribution in [0.4, 0.5) is 5.13 Å². The zero-order chi connectivity index (χ0) is 15.0. The molecule has 0 fully saturated rings. The second kappa shape index (κ2) is 8.26. The molecule has 7 heteroatoms. The van der Waals surface area contributed by atoms with E-state index in [0.717, 1.165) is 15.9 Å². The zero-order valence-electron chi connectivity index (χ0n) is 12.2. The molecule has 0 aliphatic carbocycles. The molecule has 1 aromatic heterocycles. The van der Waals surface area contributed by atoms with Crippen LogP contribution in [0.25, 0.3) is 0 Å². The number of hydrogen-bond acceptors (Lipinski definition) is 6. The van der Waals surface area contributed by atoms with E-state index in [0.29, 0.717) is 18.8 Å². The van der Waals surface area contributed by atoms with Crippen molar-refractivity contribution in [3.8, 4) is 0 Å². The third-order valence-electron chi connectivity index (χ3n) is 2.33. The van der Waals surface area contributed by atoms with Crippen LogP contribution in [0.15, 0.2) is 17.0 Å². The Balaban J connectivity index is 2.23. The highest BCUT2D eigenvalue weighted by Crippen LogP contribution is 2.25. The highest BCUT2D eigenvalue weighted by Gasteiger charge is 2.11. The molecule has 0 atom stereocenters. The van der Waals surface area contributed by atoms with Crippen LogP contribution in [0.5, 0.6) is 0 Å². The summed E-state index contributed by atoms with van der Waals surface area (Å²) in [6.07, 6.45) is 2.73. The van der Waals surface area contributed by atoms with Crippen LogP contribution < -0.4 is 10.6 Å². The molecule has 20 heavy (non-hydrogen) atoms. The first-order valence-corrected chi connectivity index (χ1v) is 8.29. The van der Waals surface area contributed by atoms with Gasteiger partial charge in [0.15, 0.2) is 4.34 Å². The van der Waals surface area contributed by atoms with Crippen LogP contribution in [0.2, 0.25) is 0 Å². The molecule has 0 saturated carbocycles. The largest absolute Gasteiger partial charge is 0.357 e. The topological polar surface area (TPSA) is 66.9 Å². The monoisotopic (exact) mass is 314 g/mol. The lowest BCUT2D eigenvalue weighted by Gasteiger charge is -2.17. The molecule has 1 rings (SSSR count). The van der Waals surface area contributed by atoms with E-state index in [9.17, 15) is 4.79 Å². The Morgan fingerprint density at radius 1 is 1.45 bits per heavy atom. The fourth-order valence-corrected chi connectivity index (χ4v) is 2.84. The van der Waals surface area contributed by atoms with E-state index in [1.807, 2.05) is 0 Å². The zero-order valence-corrected chi connectivity index (χ0v) is 13.9. The minimum absolute atomic E-state index is 0.0371. The maximum absolute atomic E-state index is 11.7. The molecular formula is C13H22N4OS2. The first-order chi connectivity index (χ1) is 9.40. The summed E-state index contributed by atoms with van der Waals surface area (Å²) in [4.78, 5) is 11.7. The number of carbonyl (C=O) groups is 1. The van der Waals surface area contributed by atoms with Gasteiger partial charge in [-0.25, -0.2) is 0 Å². The maximum atomic E-state index is 11.7. The van der Waals surface area contributed by atoms with E-state index in [1.54, 1.807) is 6.08 Å². The first kappa shape index (κ1) is 17.0. The van der Waals surface area contributed by atoms with Crippen molar-refractivity contribution in [3.63, 3.8) is 0 Å². The minimum Gasteiger partial charge on any atom is -0.357 e. The molecule has 0 radical (unpaired) electrons. The van der Waals surface area contributed by atoms with Crippen LogP contribution >= 0.6 is 23.1 Å². The summed E-state index contributed by atoms with van der Waals surface area (Å²) < 4.78 is 0.794. The molecule has 0 aliphatic rings. The molecule has 1 amide bonds. The number of hydrogen-bond donors (Lipinski definition) is 2. The molecule has 112 valence electrons. The van der Waals surface area contributed by atoms with E-state index >= 15 is 0 Å². The van der Waals surface area contributed by atoms with Gasteiger partial charge >= 0.3 is 0 Å². The predicted molar refractivity (Wildman–Crippen MR) is 86.4 cm³/mol. The molecule has 1 aromatic rings. The summed E-state index contributed by atoms with van der Waals surface area (Å²) in [6, 6.07) is 0. The number of aromatic nitrogens is 2. The SMILES string of the molecule is C=CCNc1nnc(SCC(=O)NCCC(C)(C)C)s1. The highest BCUT2D eigenvalue weighted by molar-refractivity contribution is 8.01. The Labute approximate surface area is 128 Å². The Bertz CT molecular complexity index is 440. The van der Waals surface area contributed by atoms with Crippen molar-refractivity contribution < 1.29 is 4.79 Å². The average molecular weight is 314 g/mol. The van der Waals surface area contributed by atoms with Gasteiger partial charge in [0.25, 0.3) is 0 Å². The third kappa shape index (κ3) is 7.49. The van der Waals surface area contributed by atoms with Crippen molar-refractivity contribution >= 4 is 34.1 Å². The first-order valence-electron chi connectivity index (χ1n) is 6.48. The van der Waals surface area contributed by atoms with Crippen molar-refractivity contribution in [1.29, 1.82) is 0 Å². The van der Waals surface area contributed by atoms with E-state index in [1.165, 1.54) is 23.1 Å². The van der Waals surface area contributed by atoms with Gasteiger partial charge in [-0.05, 0) is 11.8 Å². The van der Waals surface area contributed by atoms with Gasteiger partial charge in [-0.3, -0.25) is 4.79 Å². The van der Waals surface area contributed by atoms with Gasteiger partial charge in [-0.15, -0.1) is 16.8 Å². The second-order valence-electron chi connectivity index (χ2n) is 5.49. The van der Waals surface area contributed by atoms with Gasteiger partial charge in [0.1, 0.15) is 0 Å². The minimum atomic E-state index is 0.0371. The van der Waals surface area contributed by atoms with Gasteiger partial charge in [0, 0.05) is 13.1 Å². The molecule has 0 saturated heterocycles. The summed E-state index contributed by atoms with van der Waals surface area (Å²) in [5.74, 6) is 0.412. The number of rotatable bonds is 8. The van der Waals surface area contributed by atoms with E-state index in [-0.39, 0.29) is 11.3 Å². The van der Waals surface area contributed by atoms with Crippen molar-refractivity contribution in [2.24, 2.45) is 5.41 Å². The van der Waals surface area contributed by atoms with Crippen molar-refractivity contribution in [2.75, 3.05) is 24.2 Å². The Morgan fingerprint density at radius 3 is 2.85 bits per heavy atom. The van der Waals surface area contributed by atoms with Crippen molar-refractivity contribution in [1.82, 2.24) is 15.5 Å². The number of anilines is 1. The lowest BCUT2D eigenvalue weighted by molar-refractivity contribution is -0.118. The predicted octanol–water partition coefficient (Wildman–Crippen LogP) is 2.78. The molecule has 0 spiro atoms. The van der Waals surface area contributed by atoms with Crippen LogP contribution in [0.3, 0.4) is 0 Å². The lowest BCUT2D eigenvalue weighted by atomic mass is 9.92. The van der Waals surface area contributed by atoms with Gasteiger partial charge in [0.2, 0.25) is 11.0 Å². The highest BCUT2D eigenvalue weighted by atomic mass is 32.2. The summed E-state index contributed by atoms with van der Waals surface area (Å²) >= 11 is 2.85. The van der Waals surface area contributed by atoms with E-state index < -0.39 is 0 Å². The van der Waals surface area contributed by atoms with Crippen molar-refractivity contribution in [2.45, 2.75) is 31.5 Å². The lowest BCUT2D eigenvalue weighted by Crippen LogP contribution is -2.28. The summed E-state index contributed by atoms with van der Waals surface area (Å²) in [7, 11) is 0. The van der Waals surface area contributed by atoms with Gasteiger partial charge < -0.3 is 10.6 Å². The average Bonchev–Trinajstić information content (AvgIpc) is 2.80. The van der Waals surface area contributed by atoms with Crippen LogP contribution in [-0.4, -0.2) is 34.9 Å². The smallest absolute Gasteiger partial charge is 0.230 e. The van der Waals surface area contributed by atoms with Crippen LogP contribution in [-0.2, 0) is 4.79 Å². The number of carbonyl (C=O) groups excluding carboxylic acids is 1. The van der Waals surface area contributed by atoms with E-state index in [4.69, 9.17) is 0 Å². The standard InChI is InChI=1S/C13H22N4OS2/c1-5-7-15-11-16-17-12(20-11)19-9-10(18)14-8-6-13(2,3)4/h5H,1,6-9H2,2-4H3,(H,14,18)(H,15,16). The van der Waals surface area contributed by atoms with Crippen LogP contribution in [0.1, 0.15) is 27.2 Å². The fraction of sp³-hybridized carbons (Fsp3) is 0.615. The van der Waals surface area contributed by atoms with Crippen LogP contribution in [0, 0.1) is 5.41 Å². The molecule has 2 N–H and O–H groups in total. The molecule has 0 bridgehead atoms. The molecular weight excluding hydrogens is 292 g/mol. The molecule has 0 aliphatic heterocycles. The Morgan fingerprint density at radius 2 is 2.20 bits per heavy atom. The maximum Gasteiger partial charge on any atom is 0.230 e. The fourth-order valence-electron chi connectivity index (χ4n) is 1.25. The third-order valence-corrected chi connectivity index (χ3v) is 4.34.